The number of piperidine rings is 1. The minimum absolute atomic E-state index is 0.0206. The molecule has 1 fully saturated rings. The highest BCUT2D eigenvalue weighted by Crippen LogP contribution is 2.29. The Labute approximate surface area is 178 Å². The number of hydrogen-bond acceptors (Lipinski definition) is 4. The molecule has 0 aromatic carbocycles. The zero-order valence-corrected chi connectivity index (χ0v) is 17.3. The Kier molecular flexibility index (Phi) is 4.75. The van der Waals surface area contributed by atoms with Crippen LogP contribution in [0.1, 0.15) is 34.9 Å². The molecule has 7 nitrogen and oxygen atoms in total. The van der Waals surface area contributed by atoms with Gasteiger partial charge >= 0.3 is 0 Å². The van der Waals surface area contributed by atoms with Gasteiger partial charge < -0.3 is 4.90 Å². The Morgan fingerprint density at radius 2 is 2.10 bits per heavy atom. The van der Waals surface area contributed by atoms with Crippen LogP contribution < -0.4 is 0 Å². The number of aryl methyl sites for hydroxylation is 1. The van der Waals surface area contributed by atoms with Crippen LogP contribution >= 0.6 is 11.6 Å². The van der Waals surface area contributed by atoms with Crippen LogP contribution in [-0.4, -0.2) is 48.0 Å². The second-order valence-corrected chi connectivity index (χ2v) is 8.03. The number of nitrogens with zero attached hydrogens (tertiary/aromatic N) is 6. The molecule has 5 heterocycles. The Morgan fingerprint density at radius 1 is 1.20 bits per heavy atom. The molecular formula is C22H21ClN6O. The average molecular weight is 421 g/mol. The fourth-order valence-corrected chi connectivity index (χ4v) is 4.27. The van der Waals surface area contributed by atoms with Gasteiger partial charge in [0, 0.05) is 44.1 Å². The van der Waals surface area contributed by atoms with Crippen LogP contribution in [0.5, 0.6) is 0 Å². The maximum atomic E-state index is 12.9. The molecule has 0 aliphatic carbocycles. The van der Waals surface area contributed by atoms with Crippen LogP contribution in [0.25, 0.3) is 17.0 Å². The molecule has 4 aromatic heterocycles. The zero-order valence-electron chi connectivity index (χ0n) is 16.6. The third-order valence-corrected chi connectivity index (χ3v) is 5.89. The standard InChI is InChI=1S/C22H21ClN6O/c1-27-19(9-10-25-27)22(30)28-11-3-4-15(13-28)17-5-2-6-18(26-17)20-12-24-21-8-7-16(23)14-29(20)21/h2,5-10,12,14-15H,3-4,11,13H2,1H3. The van der Waals surface area contributed by atoms with Gasteiger partial charge in [0.25, 0.3) is 5.91 Å². The fraction of sp³-hybridized carbons (Fsp3) is 0.273. The summed E-state index contributed by atoms with van der Waals surface area (Å²) in [6, 6.07) is 11.5. The summed E-state index contributed by atoms with van der Waals surface area (Å²) in [6.07, 6.45) is 7.27. The molecule has 0 spiro atoms. The molecule has 0 N–H and O–H groups in total. The van der Waals surface area contributed by atoms with Crippen molar-refractivity contribution in [1.82, 2.24) is 29.0 Å². The molecule has 1 saturated heterocycles. The van der Waals surface area contributed by atoms with Crippen molar-refractivity contribution in [2.24, 2.45) is 7.05 Å². The summed E-state index contributed by atoms with van der Waals surface area (Å²) in [7, 11) is 1.79. The van der Waals surface area contributed by atoms with Crippen LogP contribution in [-0.2, 0) is 7.05 Å². The van der Waals surface area contributed by atoms with Crippen molar-refractivity contribution in [3.05, 3.63) is 71.4 Å². The smallest absolute Gasteiger partial charge is 0.272 e. The molecule has 1 unspecified atom stereocenters. The van der Waals surface area contributed by atoms with Crippen molar-refractivity contribution in [1.29, 1.82) is 0 Å². The third kappa shape index (κ3) is 3.35. The number of aromatic nitrogens is 5. The van der Waals surface area contributed by atoms with E-state index < -0.39 is 0 Å². The monoisotopic (exact) mass is 420 g/mol. The summed E-state index contributed by atoms with van der Waals surface area (Å²) in [5, 5.41) is 4.77. The number of amides is 1. The SMILES string of the molecule is Cn1nccc1C(=O)N1CCCC(c2cccc(-c3cnc4ccc(Cl)cn34)n2)C1. The van der Waals surface area contributed by atoms with E-state index in [0.29, 0.717) is 17.3 Å². The van der Waals surface area contributed by atoms with Gasteiger partial charge in [-0.3, -0.25) is 18.9 Å². The molecule has 8 heteroatoms. The topological polar surface area (TPSA) is 68.3 Å². The summed E-state index contributed by atoms with van der Waals surface area (Å²) in [5.74, 6) is 0.214. The van der Waals surface area contributed by atoms with Crippen molar-refractivity contribution in [2.45, 2.75) is 18.8 Å². The summed E-state index contributed by atoms with van der Waals surface area (Å²) in [5.41, 5.74) is 4.17. The van der Waals surface area contributed by atoms with Gasteiger partial charge in [0.1, 0.15) is 11.3 Å². The van der Waals surface area contributed by atoms with Crippen LogP contribution in [0.4, 0.5) is 0 Å². The minimum atomic E-state index is 0.0206. The van der Waals surface area contributed by atoms with Crippen LogP contribution in [0.15, 0.2) is 55.0 Å². The van der Waals surface area contributed by atoms with E-state index in [1.165, 1.54) is 0 Å². The minimum Gasteiger partial charge on any atom is -0.337 e. The highest BCUT2D eigenvalue weighted by Gasteiger charge is 2.27. The fourth-order valence-electron chi connectivity index (χ4n) is 4.11. The van der Waals surface area contributed by atoms with E-state index >= 15 is 0 Å². The number of carbonyl (C=O) groups excluding carboxylic acids is 1. The lowest BCUT2D eigenvalue weighted by atomic mass is 9.93. The van der Waals surface area contributed by atoms with Crippen molar-refractivity contribution in [3.63, 3.8) is 0 Å². The molecule has 0 radical (unpaired) electrons. The predicted molar refractivity (Wildman–Crippen MR) is 115 cm³/mol. The number of rotatable bonds is 3. The maximum Gasteiger partial charge on any atom is 0.272 e. The molecular weight excluding hydrogens is 400 g/mol. The largest absolute Gasteiger partial charge is 0.337 e. The first-order valence-electron chi connectivity index (χ1n) is 9.97. The van der Waals surface area contributed by atoms with E-state index in [1.807, 2.05) is 52.0 Å². The Hall–Kier alpha value is -3.19. The zero-order chi connectivity index (χ0) is 20.7. The van der Waals surface area contributed by atoms with Crippen molar-refractivity contribution < 1.29 is 4.79 Å². The maximum absolute atomic E-state index is 12.9. The Bertz CT molecular complexity index is 1230. The Balaban J connectivity index is 1.43. The molecule has 152 valence electrons. The van der Waals surface area contributed by atoms with Crippen molar-refractivity contribution >= 4 is 23.2 Å². The molecule has 5 rings (SSSR count). The van der Waals surface area contributed by atoms with Gasteiger partial charge in [-0.1, -0.05) is 17.7 Å². The van der Waals surface area contributed by atoms with Gasteiger partial charge in [0.05, 0.1) is 22.6 Å². The second-order valence-electron chi connectivity index (χ2n) is 7.60. The van der Waals surface area contributed by atoms with E-state index in [0.717, 1.165) is 42.1 Å². The summed E-state index contributed by atoms with van der Waals surface area (Å²) >= 11 is 6.17. The normalized spacial score (nSPS) is 16.9. The van der Waals surface area contributed by atoms with Crippen LogP contribution in [0.3, 0.4) is 0 Å². The first-order chi connectivity index (χ1) is 14.6. The number of halogens is 1. The van der Waals surface area contributed by atoms with Gasteiger partial charge in [0.2, 0.25) is 0 Å². The second kappa shape index (κ2) is 7.57. The number of fused-ring (bicyclic) bond motifs is 1. The van der Waals surface area contributed by atoms with E-state index in [2.05, 4.69) is 10.1 Å². The summed E-state index contributed by atoms with van der Waals surface area (Å²) in [6.45, 7) is 1.41. The average Bonchev–Trinajstić information content (AvgIpc) is 3.39. The molecule has 0 saturated carbocycles. The molecule has 30 heavy (non-hydrogen) atoms. The Morgan fingerprint density at radius 3 is 2.93 bits per heavy atom. The molecule has 4 aromatic rings. The lowest BCUT2D eigenvalue weighted by molar-refractivity contribution is 0.0694. The van der Waals surface area contributed by atoms with Crippen molar-refractivity contribution in [2.75, 3.05) is 13.1 Å². The predicted octanol–water partition coefficient (Wildman–Crippen LogP) is 3.80. The van der Waals surface area contributed by atoms with E-state index in [-0.39, 0.29) is 11.8 Å². The molecule has 1 amide bonds. The van der Waals surface area contributed by atoms with E-state index in [9.17, 15) is 4.79 Å². The highest BCUT2D eigenvalue weighted by atomic mass is 35.5. The van der Waals surface area contributed by atoms with Gasteiger partial charge in [-0.2, -0.15) is 5.10 Å². The number of imidazole rings is 1. The van der Waals surface area contributed by atoms with Gasteiger partial charge in [-0.25, -0.2) is 4.98 Å². The van der Waals surface area contributed by atoms with Crippen molar-refractivity contribution in [3.8, 4) is 11.4 Å². The third-order valence-electron chi connectivity index (χ3n) is 5.67. The van der Waals surface area contributed by atoms with Gasteiger partial charge in [-0.05, 0) is 43.2 Å². The van der Waals surface area contributed by atoms with E-state index in [4.69, 9.17) is 16.6 Å². The lowest BCUT2D eigenvalue weighted by Crippen LogP contribution is -2.40. The number of hydrogen-bond donors (Lipinski definition) is 0. The van der Waals surface area contributed by atoms with Gasteiger partial charge in [-0.15, -0.1) is 0 Å². The van der Waals surface area contributed by atoms with Gasteiger partial charge in [0.15, 0.2) is 0 Å². The summed E-state index contributed by atoms with van der Waals surface area (Å²) in [4.78, 5) is 24.2. The molecule has 0 bridgehead atoms. The molecule has 1 aliphatic heterocycles. The number of likely N-dealkylation sites (tertiary alicyclic amines) is 1. The summed E-state index contributed by atoms with van der Waals surface area (Å²) < 4.78 is 3.58. The number of carbonyl (C=O) groups is 1. The number of pyridine rings is 2. The molecule has 1 aliphatic rings. The quantitative estimate of drug-likeness (QED) is 0.505. The first-order valence-corrected chi connectivity index (χ1v) is 10.3. The van der Waals surface area contributed by atoms with Crippen LogP contribution in [0, 0.1) is 0 Å². The van der Waals surface area contributed by atoms with E-state index in [1.54, 1.807) is 24.0 Å². The lowest BCUT2D eigenvalue weighted by Gasteiger charge is -2.32. The highest BCUT2D eigenvalue weighted by molar-refractivity contribution is 6.30. The first kappa shape index (κ1) is 18.8. The molecule has 1 atom stereocenters. The van der Waals surface area contributed by atoms with Crippen LogP contribution in [0.2, 0.25) is 5.02 Å².